The smallest absolute Gasteiger partial charge is 0.0974 e. The first kappa shape index (κ1) is 29.7. The Labute approximate surface area is 201 Å². The van der Waals surface area contributed by atoms with Crippen LogP contribution in [0.1, 0.15) is 142 Å². The molecule has 1 heterocycles. The molecule has 1 rings (SSSR count). The summed E-state index contributed by atoms with van der Waals surface area (Å²) in [6, 6.07) is -0.187. The summed E-state index contributed by atoms with van der Waals surface area (Å²) in [7, 11) is 0. The second-order valence-electron chi connectivity index (χ2n) is 10.5. The van der Waals surface area contributed by atoms with Gasteiger partial charge in [0.25, 0.3) is 0 Å². The van der Waals surface area contributed by atoms with E-state index in [0.717, 1.165) is 18.8 Å². The predicted molar refractivity (Wildman–Crippen MR) is 140 cm³/mol. The van der Waals surface area contributed by atoms with E-state index in [1.54, 1.807) is 0 Å². The molecule has 4 atom stereocenters. The molecule has 1 unspecified atom stereocenters. The second kappa shape index (κ2) is 21.2. The van der Waals surface area contributed by atoms with Crippen molar-refractivity contribution in [1.82, 2.24) is 0 Å². The zero-order valence-electron chi connectivity index (χ0n) is 21.7. The number of unbranched alkanes of at least 4 members (excludes halogenated alkanes) is 14. The van der Waals surface area contributed by atoms with Gasteiger partial charge < -0.3 is 15.6 Å². The molecule has 1 saturated heterocycles. The lowest BCUT2D eigenvalue weighted by Crippen LogP contribution is -2.36. The highest BCUT2D eigenvalue weighted by atomic mass is 16.5. The fourth-order valence-corrected chi connectivity index (χ4v) is 4.86. The third kappa shape index (κ3) is 16.3. The van der Waals surface area contributed by atoms with Gasteiger partial charge in [0, 0.05) is 0 Å². The van der Waals surface area contributed by atoms with E-state index in [9.17, 15) is 5.11 Å². The molecule has 1 aliphatic heterocycles. The molecule has 32 heavy (non-hydrogen) atoms. The molecule has 3 nitrogen and oxygen atoms in total. The molecular formula is C29H57NO2. The van der Waals surface area contributed by atoms with Gasteiger partial charge in [-0.25, -0.2) is 0 Å². The number of allylic oxidation sites excluding steroid dienone is 2. The molecule has 0 aromatic carbocycles. The molecule has 3 heteroatoms. The third-order valence-corrected chi connectivity index (χ3v) is 7.22. The standard InChI is InChI=1S/C29H57NO2/c1-3-4-5-6-16-19-22-26(2)23-20-17-14-12-10-8-7-9-11-13-15-18-21-24-28-29(31)27(30)25-32-28/h7,9,26-29,31H,3-6,8,10-25,30H2,1-2H3/b9-7-/t26?,27-,28-,29-/m0/s1. The van der Waals surface area contributed by atoms with Crippen molar-refractivity contribution in [2.45, 2.75) is 161 Å². The number of ether oxygens (including phenoxy) is 1. The molecule has 0 radical (unpaired) electrons. The lowest BCUT2D eigenvalue weighted by Gasteiger charge is -2.14. The van der Waals surface area contributed by atoms with E-state index in [4.69, 9.17) is 10.5 Å². The van der Waals surface area contributed by atoms with Gasteiger partial charge in [-0.2, -0.15) is 0 Å². The Morgan fingerprint density at radius 2 is 1.28 bits per heavy atom. The number of hydrogen-bond acceptors (Lipinski definition) is 3. The summed E-state index contributed by atoms with van der Waals surface area (Å²) in [6.07, 6.45) is 31.1. The Morgan fingerprint density at radius 1 is 0.781 bits per heavy atom. The van der Waals surface area contributed by atoms with Gasteiger partial charge in [0.05, 0.1) is 24.9 Å². The van der Waals surface area contributed by atoms with Crippen LogP contribution >= 0.6 is 0 Å². The number of rotatable bonds is 22. The van der Waals surface area contributed by atoms with Crippen molar-refractivity contribution < 1.29 is 9.84 Å². The summed E-state index contributed by atoms with van der Waals surface area (Å²) in [6.45, 7) is 5.26. The van der Waals surface area contributed by atoms with Crippen LogP contribution in [0.15, 0.2) is 12.2 Å². The van der Waals surface area contributed by atoms with Crippen LogP contribution in [0.2, 0.25) is 0 Å². The maximum atomic E-state index is 9.88. The summed E-state index contributed by atoms with van der Waals surface area (Å²) in [5, 5.41) is 9.88. The van der Waals surface area contributed by atoms with Crippen molar-refractivity contribution >= 4 is 0 Å². The Kier molecular flexibility index (Phi) is 19.6. The minimum Gasteiger partial charge on any atom is -0.389 e. The SMILES string of the molecule is CCCCCCCCC(C)CCCCCCC/C=C\CCCCCC[C@@H]1OC[C@H](N)[C@@H]1O. The number of aliphatic hydroxyl groups is 1. The predicted octanol–water partition coefficient (Wildman–Crippen LogP) is 8.09. The van der Waals surface area contributed by atoms with Gasteiger partial charge in [0.15, 0.2) is 0 Å². The normalized spacial score (nSPS) is 22.2. The topological polar surface area (TPSA) is 55.5 Å². The zero-order valence-corrected chi connectivity index (χ0v) is 21.7. The molecule has 0 aliphatic carbocycles. The van der Waals surface area contributed by atoms with Gasteiger partial charge in [0.2, 0.25) is 0 Å². The van der Waals surface area contributed by atoms with Crippen LogP contribution in [0, 0.1) is 5.92 Å². The molecule has 0 saturated carbocycles. The van der Waals surface area contributed by atoms with Crippen molar-refractivity contribution in [3.63, 3.8) is 0 Å². The van der Waals surface area contributed by atoms with Crippen molar-refractivity contribution in [2.24, 2.45) is 11.7 Å². The lowest BCUT2D eigenvalue weighted by atomic mass is 9.96. The Morgan fingerprint density at radius 3 is 1.81 bits per heavy atom. The van der Waals surface area contributed by atoms with Gasteiger partial charge in [-0.05, 0) is 38.0 Å². The molecule has 0 aromatic rings. The average Bonchev–Trinajstić information content (AvgIpc) is 3.11. The highest BCUT2D eigenvalue weighted by molar-refractivity contribution is 4.86. The second-order valence-corrected chi connectivity index (χ2v) is 10.5. The molecule has 0 spiro atoms. The maximum Gasteiger partial charge on any atom is 0.0974 e. The average molecular weight is 452 g/mol. The van der Waals surface area contributed by atoms with Crippen LogP contribution in [0.25, 0.3) is 0 Å². The molecule has 1 fully saturated rings. The van der Waals surface area contributed by atoms with Crippen LogP contribution in [0.5, 0.6) is 0 Å². The van der Waals surface area contributed by atoms with E-state index in [0.29, 0.717) is 6.61 Å². The third-order valence-electron chi connectivity index (χ3n) is 7.22. The maximum absolute atomic E-state index is 9.88. The summed E-state index contributed by atoms with van der Waals surface area (Å²) in [5.74, 6) is 0.935. The summed E-state index contributed by atoms with van der Waals surface area (Å²) < 4.78 is 5.54. The minimum absolute atomic E-state index is 0.0293. The fourth-order valence-electron chi connectivity index (χ4n) is 4.86. The molecular weight excluding hydrogens is 394 g/mol. The van der Waals surface area contributed by atoms with Gasteiger partial charge in [-0.3, -0.25) is 0 Å². The summed E-state index contributed by atoms with van der Waals surface area (Å²) >= 11 is 0. The first-order valence-corrected chi connectivity index (χ1v) is 14.3. The van der Waals surface area contributed by atoms with Crippen LogP contribution < -0.4 is 5.73 Å². The van der Waals surface area contributed by atoms with E-state index in [1.807, 2.05) is 0 Å². The van der Waals surface area contributed by atoms with Crippen LogP contribution in [0.4, 0.5) is 0 Å². The summed E-state index contributed by atoms with van der Waals surface area (Å²) in [4.78, 5) is 0. The number of nitrogens with two attached hydrogens (primary N) is 1. The molecule has 3 N–H and O–H groups in total. The first-order chi connectivity index (χ1) is 15.6. The van der Waals surface area contributed by atoms with Crippen LogP contribution in [-0.2, 0) is 4.74 Å². The van der Waals surface area contributed by atoms with Gasteiger partial charge in [-0.15, -0.1) is 0 Å². The minimum atomic E-state index is -0.462. The van der Waals surface area contributed by atoms with Crippen molar-refractivity contribution in [3.05, 3.63) is 12.2 Å². The van der Waals surface area contributed by atoms with E-state index in [1.165, 1.54) is 116 Å². The van der Waals surface area contributed by atoms with E-state index < -0.39 is 6.10 Å². The fraction of sp³-hybridized carbons (Fsp3) is 0.931. The van der Waals surface area contributed by atoms with Gasteiger partial charge in [-0.1, -0.05) is 122 Å². The van der Waals surface area contributed by atoms with Crippen molar-refractivity contribution in [3.8, 4) is 0 Å². The number of aliphatic hydroxyl groups excluding tert-OH is 1. The molecule has 1 aliphatic rings. The van der Waals surface area contributed by atoms with E-state index >= 15 is 0 Å². The van der Waals surface area contributed by atoms with Crippen molar-refractivity contribution in [2.75, 3.05) is 6.61 Å². The Balaban J connectivity index is 1.76. The van der Waals surface area contributed by atoms with Crippen LogP contribution in [-0.4, -0.2) is 30.0 Å². The first-order valence-electron chi connectivity index (χ1n) is 14.3. The Hall–Kier alpha value is -0.380. The molecule has 0 bridgehead atoms. The van der Waals surface area contributed by atoms with Crippen LogP contribution in [0.3, 0.4) is 0 Å². The quantitative estimate of drug-likeness (QED) is 0.129. The highest BCUT2D eigenvalue weighted by Gasteiger charge is 2.32. The molecule has 0 aromatic heterocycles. The monoisotopic (exact) mass is 451 g/mol. The zero-order chi connectivity index (χ0) is 23.3. The van der Waals surface area contributed by atoms with E-state index in [2.05, 4.69) is 26.0 Å². The molecule has 0 amide bonds. The Bertz CT molecular complexity index is 425. The van der Waals surface area contributed by atoms with Gasteiger partial charge in [0.1, 0.15) is 0 Å². The largest absolute Gasteiger partial charge is 0.389 e. The van der Waals surface area contributed by atoms with E-state index in [-0.39, 0.29) is 12.1 Å². The number of hydrogen-bond donors (Lipinski definition) is 2. The van der Waals surface area contributed by atoms with Gasteiger partial charge >= 0.3 is 0 Å². The lowest BCUT2D eigenvalue weighted by molar-refractivity contribution is 0.0342. The molecule has 190 valence electrons. The highest BCUT2D eigenvalue weighted by Crippen LogP contribution is 2.20. The summed E-state index contributed by atoms with van der Waals surface area (Å²) in [5.41, 5.74) is 5.78. The van der Waals surface area contributed by atoms with Crippen molar-refractivity contribution in [1.29, 1.82) is 0 Å².